The van der Waals surface area contributed by atoms with Crippen molar-refractivity contribution in [2.75, 3.05) is 5.32 Å². The minimum Gasteiger partial charge on any atom is -0.392 e. The highest BCUT2D eigenvalue weighted by Crippen LogP contribution is 2.54. The zero-order valence-electron chi connectivity index (χ0n) is 19.1. The lowest BCUT2D eigenvalue weighted by atomic mass is 9.91. The summed E-state index contributed by atoms with van der Waals surface area (Å²) < 4.78 is 0. The summed E-state index contributed by atoms with van der Waals surface area (Å²) in [7, 11) is 0. The van der Waals surface area contributed by atoms with Crippen LogP contribution >= 0.6 is 0 Å². The van der Waals surface area contributed by atoms with Crippen LogP contribution in [0.1, 0.15) is 13.8 Å². The van der Waals surface area contributed by atoms with Crippen molar-refractivity contribution in [1.29, 1.82) is 0 Å². The van der Waals surface area contributed by atoms with Gasteiger partial charge in [0.05, 0.1) is 0 Å². The number of hydrogen-bond acceptors (Lipinski definition) is 1. The summed E-state index contributed by atoms with van der Waals surface area (Å²) in [6.45, 7) is 4.42. The lowest BCUT2D eigenvalue weighted by Crippen LogP contribution is -2.10. The Morgan fingerprint density at radius 3 is 1.42 bits per heavy atom. The van der Waals surface area contributed by atoms with Gasteiger partial charge in [-0.05, 0) is 25.1 Å². The molecule has 0 saturated heterocycles. The maximum atomic E-state index is 3.84. The zero-order valence-corrected chi connectivity index (χ0v) is 19.1. The predicted molar refractivity (Wildman–Crippen MR) is 143 cm³/mol. The van der Waals surface area contributed by atoms with Gasteiger partial charge in [-0.2, -0.15) is 0 Å². The van der Waals surface area contributed by atoms with Gasteiger partial charge in [-0.3, -0.25) is 0 Å². The zero-order chi connectivity index (χ0) is 22.6. The number of anilines is 1. The van der Waals surface area contributed by atoms with Crippen LogP contribution in [0.25, 0.3) is 44.5 Å². The van der Waals surface area contributed by atoms with Crippen molar-refractivity contribution in [3.63, 3.8) is 0 Å². The summed E-state index contributed by atoms with van der Waals surface area (Å²) in [4.78, 5) is 0. The molecule has 0 aliphatic carbocycles. The maximum absolute atomic E-state index is 3.84. The van der Waals surface area contributed by atoms with E-state index in [4.69, 9.17) is 0 Å². The summed E-state index contributed by atoms with van der Waals surface area (Å²) in [6, 6.07) is 43.4. The first-order valence-corrected chi connectivity index (χ1v) is 11.6. The predicted octanol–water partition coefficient (Wildman–Crippen LogP) is 8.89. The summed E-state index contributed by atoms with van der Waals surface area (Å²) in [5, 5.41) is 3.84. The highest BCUT2D eigenvalue weighted by atomic mass is 14.9. The molecule has 0 saturated carbocycles. The third-order valence-electron chi connectivity index (χ3n) is 5.93. The molecular weight excluding hydrogens is 398 g/mol. The van der Waals surface area contributed by atoms with Crippen LogP contribution in [0.3, 0.4) is 0 Å². The molecule has 5 rings (SSSR count). The Kier molecular flexibility index (Phi) is 5.87. The van der Waals surface area contributed by atoms with Gasteiger partial charge in [-0.15, -0.1) is 12.1 Å². The third-order valence-corrected chi connectivity index (χ3v) is 5.93. The quantitative estimate of drug-likeness (QED) is 0.267. The largest absolute Gasteiger partial charge is 0.392 e. The second-order valence-corrected chi connectivity index (χ2v) is 8.64. The fraction of sp³-hybridized carbons (Fsp3) is 0.0938. The highest BCUT2D eigenvalue weighted by Gasteiger charge is 2.21. The van der Waals surface area contributed by atoms with E-state index in [0.29, 0.717) is 6.04 Å². The molecule has 5 aromatic rings. The van der Waals surface area contributed by atoms with E-state index in [1.807, 2.05) is 0 Å². The topological polar surface area (TPSA) is 12.0 Å². The van der Waals surface area contributed by atoms with Crippen LogP contribution in [-0.4, -0.2) is 6.04 Å². The van der Waals surface area contributed by atoms with Crippen molar-refractivity contribution in [3.8, 4) is 44.5 Å². The Labute approximate surface area is 196 Å². The Morgan fingerprint density at radius 1 is 0.515 bits per heavy atom. The summed E-state index contributed by atoms with van der Waals surface area (Å²) in [6.07, 6.45) is 0. The molecule has 0 bridgehead atoms. The highest BCUT2D eigenvalue weighted by molar-refractivity contribution is 6.13. The van der Waals surface area contributed by atoms with Gasteiger partial charge >= 0.3 is 0 Å². The Hall–Kier alpha value is -3.97. The van der Waals surface area contributed by atoms with Gasteiger partial charge in [0, 0.05) is 6.04 Å². The molecule has 0 aromatic heterocycles. The molecule has 1 N–H and O–H groups in total. The van der Waals surface area contributed by atoms with Gasteiger partial charge in [0.25, 0.3) is 0 Å². The van der Waals surface area contributed by atoms with E-state index < -0.39 is 0 Å². The van der Waals surface area contributed by atoms with Crippen LogP contribution in [0.5, 0.6) is 0 Å². The van der Waals surface area contributed by atoms with Crippen molar-refractivity contribution in [1.82, 2.24) is 0 Å². The Morgan fingerprint density at radius 2 is 0.939 bits per heavy atom. The van der Waals surface area contributed by atoms with Crippen molar-refractivity contribution in [2.45, 2.75) is 19.9 Å². The standard InChI is InChI=1S/C32H28N/c1-23(2)33-32-30(26-19-11-5-12-20-26)28(24-15-7-3-8-16-24)29(25-17-9-4-10-18-25)31(32)27-21-13-6-14-22-27/h3-23,33H,1-2H3/q-1. The molecule has 0 aliphatic heterocycles. The van der Waals surface area contributed by atoms with E-state index in [0.717, 1.165) is 0 Å². The fourth-order valence-electron chi connectivity index (χ4n) is 4.63. The third kappa shape index (κ3) is 4.10. The van der Waals surface area contributed by atoms with Gasteiger partial charge in [0.2, 0.25) is 0 Å². The van der Waals surface area contributed by atoms with Crippen molar-refractivity contribution >= 4 is 5.69 Å². The van der Waals surface area contributed by atoms with Crippen molar-refractivity contribution in [3.05, 3.63) is 121 Å². The van der Waals surface area contributed by atoms with E-state index in [1.54, 1.807) is 0 Å². The molecule has 5 aromatic carbocycles. The van der Waals surface area contributed by atoms with Crippen LogP contribution in [0, 0.1) is 0 Å². The van der Waals surface area contributed by atoms with Gasteiger partial charge in [0.1, 0.15) is 0 Å². The van der Waals surface area contributed by atoms with Crippen LogP contribution < -0.4 is 5.32 Å². The number of nitrogens with one attached hydrogen (secondary N) is 1. The molecule has 33 heavy (non-hydrogen) atoms. The SMILES string of the molecule is CC(C)Nc1c(-c2ccccc2)c(-c2ccccc2)c(-c2ccccc2)[c-]1-c1ccccc1. The average Bonchev–Trinajstić information content (AvgIpc) is 3.20. The minimum absolute atomic E-state index is 0.296. The van der Waals surface area contributed by atoms with Crippen molar-refractivity contribution < 1.29 is 0 Å². The van der Waals surface area contributed by atoms with E-state index in [9.17, 15) is 0 Å². The smallest absolute Gasteiger partial charge is 0.0195 e. The molecular formula is C32H28N-. The molecule has 0 unspecified atom stereocenters. The lowest BCUT2D eigenvalue weighted by Gasteiger charge is -2.20. The van der Waals surface area contributed by atoms with Crippen LogP contribution in [0.4, 0.5) is 5.69 Å². The number of rotatable bonds is 6. The first-order chi connectivity index (χ1) is 16.2. The first kappa shape index (κ1) is 20.9. The summed E-state index contributed by atoms with van der Waals surface area (Å²) in [5.74, 6) is 0. The number of hydrogen-bond donors (Lipinski definition) is 1. The van der Waals surface area contributed by atoms with Crippen molar-refractivity contribution in [2.24, 2.45) is 0 Å². The van der Waals surface area contributed by atoms with Gasteiger partial charge in [0.15, 0.2) is 0 Å². The van der Waals surface area contributed by atoms with Gasteiger partial charge in [-0.25, -0.2) is 0 Å². The van der Waals surface area contributed by atoms with Gasteiger partial charge in [-0.1, -0.05) is 148 Å². The molecule has 0 aliphatic rings. The molecule has 0 amide bonds. The Bertz CT molecular complexity index is 1210. The van der Waals surface area contributed by atoms with Gasteiger partial charge < -0.3 is 5.32 Å². The van der Waals surface area contributed by atoms with E-state index >= 15 is 0 Å². The average molecular weight is 427 g/mol. The molecule has 1 heteroatoms. The molecule has 0 radical (unpaired) electrons. The normalized spacial score (nSPS) is 11.0. The maximum Gasteiger partial charge on any atom is 0.0195 e. The van der Waals surface area contributed by atoms with Crippen LogP contribution in [0.15, 0.2) is 121 Å². The monoisotopic (exact) mass is 426 g/mol. The summed E-state index contributed by atoms with van der Waals surface area (Å²) >= 11 is 0. The lowest BCUT2D eigenvalue weighted by molar-refractivity contribution is 0.901. The Balaban J connectivity index is 1.98. The summed E-state index contributed by atoms with van der Waals surface area (Å²) in [5.41, 5.74) is 11.2. The minimum atomic E-state index is 0.296. The number of benzene rings is 4. The van der Waals surface area contributed by atoms with E-state index in [-0.39, 0.29) is 0 Å². The van der Waals surface area contributed by atoms with Crippen LogP contribution in [-0.2, 0) is 0 Å². The fourth-order valence-corrected chi connectivity index (χ4v) is 4.63. The molecule has 0 fully saturated rings. The second kappa shape index (κ2) is 9.26. The first-order valence-electron chi connectivity index (χ1n) is 11.6. The molecule has 1 nitrogen and oxygen atoms in total. The van der Waals surface area contributed by atoms with E-state index in [2.05, 4.69) is 140 Å². The van der Waals surface area contributed by atoms with E-state index in [1.165, 1.54) is 50.2 Å². The molecule has 162 valence electrons. The van der Waals surface area contributed by atoms with Crippen LogP contribution in [0.2, 0.25) is 0 Å². The second-order valence-electron chi connectivity index (χ2n) is 8.64. The molecule has 0 spiro atoms. The molecule has 0 atom stereocenters. The molecule has 0 heterocycles.